The van der Waals surface area contributed by atoms with Gasteiger partial charge in [-0.15, -0.1) is 15.9 Å². The summed E-state index contributed by atoms with van der Waals surface area (Å²) in [5.74, 6) is 0. The van der Waals surface area contributed by atoms with E-state index in [-0.39, 0.29) is 18.2 Å². The Morgan fingerprint density at radius 3 is 2.47 bits per heavy atom. The number of rotatable bonds is 9. The van der Waals surface area contributed by atoms with Crippen LogP contribution in [-0.4, -0.2) is 18.2 Å². The van der Waals surface area contributed by atoms with Crippen molar-refractivity contribution in [1.82, 2.24) is 0 Å². The molecule has 0 spiro atoms. The summed E-state index contributed by atoms with van der Waals surface area (Å²) in [4.78, 5) is 1.56. The largest absolute Gasteiger partial charge is 0.468 e. The zero-order valence-electron chi connectivity index (χ0n) is 9.38. The smallest absolute Gasteiger partial charge is 0.307 e. The monoisotopic (exact) mass is 298 g/mol. The van der Waals surface area contributed by atoms with Crippen LogP contribution in [0.5, 0.6) is 0 Å². The molecule has 0 N–H and O–H groups in total. The topological polar surface area (TPSA) is 0 Å². The molecule has 0 nitrogen and oxygen atoms in total. The van der Waals surface area contributed by atoms with Crippen molar-refractivity contribution < 1.29 is 0 Å². The van der Waals surface area contributed by atoms with Crippen molar-refractivity contribution in [1.29, 1.82) is 0 Å². The zero-order valence-corrected chi connectivity index (χ0v) is 13.2. The van der Waals surface area contributed by atoms with Gasteiger partial charge in [0.2, 0.25) is 0 Å². The van der Waals surface area contributed by atoms with Gasteiger partial charge in [0.15, 0.2) is 0 Å². The molecule has 1 aromatic heterocycles. The van der Waals surface area contributed by atoms with Crippen LogP contribution in [0.3, 0.4) is 0 Å². The number of thiophene rings is 1. The van der Waals surface area contributed by atoms with Gasteiger partial charge in [0, 0.05) is 4.88 Å². The second kappa shape index (κ2) is 10.1. The minimum atomic E-state index is 0.155. The predicted octanol–water partition coefficient (Wildman–Crippen LogP) is 5.06. The fourth-order valence-electron chi connectivity index (χ4n) is 1.73. The Bertz CT molecular complexity index is 224. The van der Waals surface area contributed by atoms with E-state index in [0.29, 0.717) is 0 Å². The molecule has 1 rings (SSSR count). The van der Waals surface area contributed by atoms with E-state index in [1.165, 1.54) is 49.5 Å². The maximum absolute atomic E-state index is 3.61. The zero-order chi connectivity index (χ0) is 10.8. The van der Waals surface area contributed by atoms with E-state index in [0.717, 1.165) is 0 Å². The van der Waals surface area contributed by atoms with Gasteiger partial charge in [-0.1, -0.05) is 38.2 Å². The lowest BCUT2D eigenvalue weighted by Crippen LogP contribution is -1.84. The van der Waals surface area contributed by atoms with Crippen molar-refractivity contribution in [3.8, 4) is 0 Å². The van der Waals surface area contributed by atoms with Crippen LogP contribution in [0.2, 0.25) is 4.55 Å². The number of hydrogen-bond donors (Lipinski definition) is 0. The van der Waals surface area contributed by atoms with E-state index in [4.69, 9.17) is 0 Å². The van der Waals surface area contributed by atoms with Gasteiger partial charge in [-0.2, -0.15) is 0 Å². The predicted molar refractivity (Wildman–Crippen MR) is 75.2 cm³/mol. The molecule has 3 heteroatoms. The van der Waals surface area contributed by atoms with Crippen LogP contribution in [0, 0.1) is 0 Å². The minimum absolute atomic E-state index is 0.155. The maximum Gasteiger partial charge on any atom is 0.468 e. The molecule has 82 valence electrons. The van der Waals surface area contributed by atoms with Crippen molar-refractivity contribution in [2.75, 3.05) is 0 Å². The fourth-order valence-corrected chi connectivity index (χ4v) is 4.22. The molecule has 15 heavy (non-hydrogen) atoms. The minimum Gasteiger partial charge on any atom is -0.307 e. The second-order valence-corrected chi connectivity index (χ2v) is 8.49. The first-order valence-corrected chi connectivity index (χ1v) is 11.8. The highest BCUT2D eigenvalue weighted by Gasteiger charge is 1.95. The highest BCUT2D eigenvalue weighted by Crippen LogP contribution is 2.14. The second-order valence-electron chi connectivity index (χ2n) is 3.99. The van der Waals surface area contributed by atoms with Gasteiger partial charge < -0.3 is 12.9 Å². The van der Waals surface area contributed by atoms with Crippen molar-refractivity contribution in [2.24, 2.45) is 0 Å². The lowest BCUT2D eigenvalue weighted by atomic mass is 10.1. The molecule has 0 fully saturated rings. The van der Waals surface area contributed by atoms with Crippen molar-refractivity contribution in [3.63, 3.8) is 0 Å². The maximum atomic E-state index is 3.61. The molecule has 0 aromatic carbocycles. The van der Waals surface area contributed by atoms with E-state index in [2.05, 4.69) is 30.4 Å². The van der Waals surface area contributed by atoms with Gasteiger partial charge in [0.05, 0.1) is 0 Å². The van der Waals surface area contributed by atoms with Gasteiger partial charge in [0.1, 0.15) is 0 Å². The summed E-state index contributed by atoms with van der Waals surface area (Å²) in [6.07, 6.45) is 9.91. The summed E-state index contributed by atoms with van der Waals surface area (Å²) < 4.78 is 1.48. The molecule has 1 aromatic rings. The van der Waals surface area contributed by atoms with Crippen LogP contribution in [0.4, 0.5) is 0 Å². The molecule has 0 saturated carbocycles. The molecule has 0 unspecified atom stereocenters. The Balaban J connectivity index is 1.81. The van der Waals surface area contributed by atoms with Crippen LogP contribution in [0.1, 0.15) is 43.4 Å². The average Bonchev–Trinajstić information content (AvgIpc) is 2.75. The number of aryl methyl sites for hydroxylation is 1. The van der Waals surface area contributed by atoms with Crippen molar-refractivity contribution in [3.05, 3.63) is 22.4 Å². The quantitative estimate of drug-likeness (QED) is 0.441. The lowest BCUT2D eigenvalue weighted by Gasteiger charge is -2.00. The molecule has 0 atom stereocenters. The van der Waals surface area contributed by atoms with Crippen molar-refractivity contribution >= 4 is 42.4 Å². The summed E-state index contributed by atoms with van der Waals surface area (Å²) in [5.41, 5.74) is 0. The van der Waals surface area contributed by atoms with E-state index < -0.39 is 0 Å². The third kappa shape index (κ3) is 7.78. The number of hydrogen-bond acceptors (Lipinski definition) is 1. The highest BCUT2D eigenvalue weighted by molar-refractivity contribution is 9.23. The molecule has 0 aliphatic carbocycles. The average molecular weight is 300 g/mol. The van der Waals surface area contributed by atoms with Gasteiger partial charge in [-0.3, -0.25) is 0 Å². The highest BCUT2D eigenvalue weighted by atomic mass is 79.9. The van der Waals surface area contributed by atoms with Crippen LogP contribution in [0.15, 0.2) is 17.5 Å². The van der Waals surface area contributed by atoms with Crippen LogP contribution in [-0.2, 0) is 6.42 Å². The van der Waals surface area contributed by atoms with Crippen LogP contribution in [0.25, 0.3) is 0 Å². The number of halogens is 1. The SMILES string of the molecule is [Br][Mg][CH2]CCCCCCCc1cccs1. The summed E-state index contributed by atoms with van der Waals surface area (Å²) >= 11 is 5.66. The van der Waals surface area contributed by atoms with Gasteiger partial charge in [0.25, 0.3) is 0 Å². The Hall–Kier alpha value is 0.946. The van der Waals surface area contributed by atoms with Crippen LogP contribution < -0.4 is 0 Å². The Morgan fingerprint density at radius 1 is 1.07 bits per heavy atom. The summed E-state index contributed by atoms with van der Waals surface area (Å²) in [5, 5.41) is 2.18. The molecule has 0 radical (unpaired) electrons. The first-order chi connectivity index (χ1) is 7.43. The van der Waals surface area contributed by atoms with Crippen LogP contribution >= 0.6 is 24.2 Å². The fraction of sp³-hybridized carbons (Fsp3) is 0.667. The van der Waals surface area contributed by atoms with Gasteiger partial charge in [-0.25, -0.2) is 0 Å². The van der Waals surface area contributed by atoms with Gasteiger partial charge >= 0.3 is 18.2 Å². The molecule has 1 heterocycles. The number of unbranched alkanes of at least 4 members (excludes halogenated alkanes) is 5. The van der Waals surface area contributed by atoms with Crippen molar-refractivity contribution in [2.45, 2.75) is 49.5 Å². The molecular weight excluding hydrogens is 280 g/mol. The molecule has 0 amide bonds. The lowest BCUT2D eigenvalue weighted by molar-refractivity contribution is 0.609. The normalized spacial score (nSPS) is 10.2. The van der Waals surface area contributed by atoms with E-state index in [1.807, 2.05) is 11.3 Å². The summed E-state index contributed by atoms with van der Waals surface area (Å²) in [6, 6.07) is 4.41. The summed E-state index contributed by atoms with van der Waals surface area (Å²) in [6.45, 7) is 0. The standard InChI is InChI=1S/C12H19S.BrH.Mg/c1-2-3-4-5-6-7-9-12-10-8-11-13-12;;/h8,10-11H,1-7,9H2;1H;/q;;+1/p-1. The molecule has 0 bridgehead atoms. The molecule has 0 aliphatic rings. The summed E-state index contributed by atoms with van der Waals surface area (Å²) in [7, 11) is 0. The molecular formula is C12H19BrMgS. The van der Waals surface area contributed by atoms with E-state index in [1.54, 1.807) is 4.88 Å². The third-order valence-corrected chi connectivity index (χ3v) is 6.02. The Labute approximate surface area is 113 Å². The Kier molecular flexibility index (Phi) is 9.45. The first kappa shape index (κ1) is 14.0. The molecule has 0 saturated heterocycles. The van der Waals surface area contributed by atoms with E-state index >= 15 is 0 Å². The Morgan fingerprint density at radius 2 is 1.80 bits per heavy atom. The van der Waals surface area contributed by atoms with Gasteiger partial charge in [-0.05, 0) is 24.3 Å². The third-order valence-electron chi connectivity index (χ3n) is 2.64. The first-order valence-electron chi connectivity index (χ1n) is 6.02. The molecule has 0 aliphatic heterocycles. The van der Waals surface area contributed by atoms with E-state index in [9.17, 15) is 0 Å².